The van der Waals surface area contributed by atoms with Gasteiger partial charge < -0.3 is 19.9 Å². The molecule has 0 aromatic heterocycles. The molecule has 7 nitrogen and oxygen atoms in total. The van der Waals surface area contributed by atoms with Crippen LogP contribution in [0.15, 0.2) is 48.5 Å². The number of Topliss-reactive ketones (excluding diaryl/α,β-unsaturated/α-hetero) is 1. The van der Waals surface area contributed by atoms with Gasteiger partial charge in [0.25, 0.3) is 0 Å². The number of hydrogen-bond acceptors (Lipinski definition) is 5. The third kappa shape index (κ3) is 8.04. The topological polar surface area (TPSA) is 102 Å². The molecule has 0 bridgehead atoms. The van der Waals surface area contributed by atoms with Crippen LogP contribution in [-0.4, -0.2) is 41.5 Å². The van der Waals surface area contributed by atoms with Crippen molar-refractivity contribution in [2.45, 2.75) is 76.4 Å². The lowest BCUT2D eigenvalue weighted by Gasteiger charge is -2.28. The van der Waals surface area contributed by atoms with Crippen LogP contribution in [0.2, 0.25) is 0 Å². The third-order valence-corrected chi connectivity index (χ3v) is 7.53. The van der Waals surface area contributed by atoms with E-state index in [0.29, 0.717) is 62.1 Å². The summed E-state index contributed by atoms with van der Waals surface area (Å²) >= 11 is 0. The summed E-state index contributed by atoms with van der Waals surface area (Å²) in [4.78, 5) is 36.2. The molecule has 2 saturated carbocycles. The maximum atomic E-state index is 13.3. The normalized spacial score (nSPS) is 23.3. The van der Waals surface area contributed by atoms with Crippen LogP contribution >= 0.6 is 0 Å². The molecule has 8 heteroatoms. The number of amides is 1. The van der Waals surface area contributed by atoms with Gasteiger partial charge in [-0.05, 0) is 94.2 Å². The number of ketones is 1. The molecule has 2 aromatic rings. The molecular formula is C30H36FNO6. The van der Waals surface area contributed by atoms with Crippen LogP contribution in [0.4, 0.5) is 4.39 Å². The van der Waals surface area contributed by atoms with Gasteiger partial charge in [-0.1, -0.05) is 6.07 Å². The van der Waals surface area contributed by atoms with E-state index in [-0.39, 0.29) is 41.6 Å². The quantitative estimate of drug-likeness (QED) is 0.294. The summed E-state index contributed by atoms with van der Waals surface area (Å²) in [6.45, 7) is 0.449. The number of rotatable bonds is 11. The van der Waals surface area contributed by atoms with E-state index >= 15 is 0 Å². The fourth-order valence-corrected chi connectivity index (χ4v) is 5.26. The zero-order valence-electron chi connectivity index (χ0n) is 21.6. The maximum absolute atomic E-state index is 13.3. The van der Waals surface area contributed by atoms with Gasteiger partial charge in [0, 0.05) is 30.5 Å². The summed E-state index contributed by atoms with van der Waals surface area (Å²) in [6, 6.07) is 13.2. The Morgan fingerprint density at radius 2 is 1.42 bits per heavy atom. The molecule has 2 aliphatic carbocycles. The smallest absolute Gasteiger partial charge is 0.306 e. The lowest BCUT2D eigenvalue weighted by molar-refractivity contribution is -0.143. The zero-order valence-corrected chi connectivity index (χ0v) is 21.6. The van der Waals surface area contributed by atoms with Crippen molar-refractivity contribution in [2.24, 2.45) is 11.8 Å². The molecule has 204 valence electrons. The largest absolute Gasteiger partial charge is 0.490 e. The third-order valence-electron chi connectivity index (χ3n) is 7.53. The summed E-state index contributed by atoms with van der Waals surface area (Å²) in [5.41, 5.74) is 0.606. The highest BCUT2D eigenvalue weighted by Crippen LogP contribution is 2.29. The van der Waals surface area contributed by atoms with Gasteiger partial charge >= 0.3 is 5.97 Å². The van der Waals surface area contributed by atoms with Crippen molar-refractivity contribution >= 4 is 17.7 Å². The first-order valence-electron chi connectivity index (χ1n) is 13.6. The number of carboxylic acid groups (broad SMARTS) is 1. The molecule has 0 unspecified atom stereocenters. The van der Waals surface area contributed by atoms with Gasteiger partial charge in [0.1, 0.15) is 17.3 Å². The SMILES string of the molecule is O=C(CCCNC(=O)C1CCC(Oc2cccc(F)c2)CC1)c1ccc(OC2CCC(C(=O)O)CC2)cc1. The molecule has 2 aromatic carbocycles. The molecule has 0 radical (unpaired) electrons. The first-order chi connectivity index (χ1) is 18.4. The molecular weight excluding hydrogens is 489 g/mol. The number of ether oxygens (including phenoxy) is 2. The minimum absolute atomic E-state index is 0.00627. The molecule has 4 rings (SSSR count). The number of benzene rings is 2. The van der Waals surface area contributed by atoms with Gasteiger partial charge in [0.2, 0.25) is 5.91 Å². The van der Waals surface area contributed by atoms with Gasteiger partial charge in [-0.3, -0.25) is 14.4 Å². The molecule has 0 saturated heterocycles. The van der Waals surface area contributed by atoms with E-state index in [9.17, 15) is 18.8 Å². The summed E-state index contributed by atoms with van der Waals surface area (Å²) in [6.07, 6.45) is 6.52. The number of aliphatic carboxylic acids is 1. The average molecular weight is 526 g/mol. The predicted molar refractivity (Wildman–Crippen MR) is 140 cm³/mol. The molecule has 0 spiro atoms. The van der Waals surface area contributed by atoms with E-state index in [1.165, 1.54) is 12.1 Å². The molecule has 38 heavy (non-hydrogen) atoms. The number of carbonyl (C=O) groups is 3. The minimum Gasteiger partial charge on any atom is -0.490 e. The lowest BCUT2D eigenvalue weighted by atomic mass is 9.86. The van der Waals surface area contributed by atoms with E-state index in [4.69, 9.17) is 14.6 Å². The van der Waals surface area contributed by atoms with Gasteiger partial charge in [-0.25, -0.2) is 4.39 Å². The van der Waals surface area contributed by atoms with Crippen molar-refractivity contribution in [3.05, 3.63) is 59.9 Å². The predicted octanol–water partition coefficient (Wildman–Crippen LogP) is 5.56. The van der Waals surface area contributed by atoms with Crippen LogP contribution < -0.4 is 14.8 Å². The van der Waals surface area contributed by atoms with E-state index in [0.717, 1.165) is 25.7 Å². The second kappa shape index (κ2) is 13.4. The molecule has 0 heterocycles. The van der Waals surface area contributed by atoms with Crippen LogP contribution in [0.3, 0.4) is 0 Å². The minimum atomic E-state index is -0.734. The Kier molecular flexibility index (Phi) is 9.73. The van der Waals surface area contributed by atoms with Gasteiger partial charge in [-0.2, -0.15) is 0 Å². The van der Waals surface area contributed by atoms with Gasteiger partial charge in [0.15, 0.2) is 5.78 Å². The fourth-order valence-electron chi connectivity index (χ4n) is 5.26. The first kappa shape index (κ1) is 27.6. The number of carbonyl (C=O) groups excluding carboxylic acids is 2. The number of hydrogen-bond donors (Lipinski definition) is 2. The Bertz CT molecular complexity index is 1090. The van der Waals surface area contributed by atoms with Crippen LogP contribution in [0.5, 0.6) is 11.5 Å². The van der Waals surface area contributed by atoms with Gasteiger partial charge in [-0.15, -0.1) is 0 Å². The van der Waals surface area contributed by atoms with Crippen molar-refractivity contribution in [3.63, 3.8) is 0 Å². The molecule has 2 N–H and O–H groups in total. The summed E-state index contributed by atoms with van der Waals surface area (Å²) < 4.78 is 25.2. The maximum Gasteiger partial charge on any atom is 0.306 e. The molecule has 2 fully saturated rings. The van der Waals surface area contributed by atoms with Crippen molar-refractivity contribution in [2.75, 3.05) is 6.54 Å². The van der Waals surface area contributed by atoms with Crippen LogP contribution in [-0.2, 0) is 9.59 Å². The molecule has 1 amide bonds. The van der Waals surface area contributed by atoms with Crippen molar-refractivity contribution in [1.82, 2.24) is 5.32 Å². The highest BCUT2D eigenvalue weighted by atomic mass is 19.1. The van der Waals surface area contributed by atoms with E-state index < -0.39 is 5.97 Å². The monoisotopic (exact) mass is 525 g/mol. The highest BCUT2D eigenvalue weighted by Gasteiger charge is 2.28. The zero-order chi connectivity index (χ0) is 26.9. The first-order valence-corrected chi connectivity index (χ1v) is 13.6. The van der Waals surface area contributed by atoms with Crippen LogP contribution in [0, 0.1) is 17.7 Å². The van der Waals surface area contributed by atoms with Crippen LogP contribution in [0.1, 0.15) is 74.6 Å². The average Bonchev–Trinajstić information content (AvgIpc) is 2.92. The Morgan fingerprint density at radius 1 is 0.816 bits per heavy atom. The Hall–Kier alpha value is -3.42. The van der Waals surface area contributed by atoms with Crippen molar-refractivity contribution in [1.29, 1.82) is 0 Å². The number of carboxylic acids is 1. The van der Waals surface area contributed by atoms with Gasteiger partial charge in [0.05, 0.1) is 18.1 Å². The summed E-state index contributed by atoms with van der Waals surface area (Å²) in [7, 11) is 0. The van der Waals surface area contributed by atoms with E-state index in [2.05, 4.69) is 5.32 Å². The Balaban J connectivity index is 1.10. The molecule has 2 aliphatic rings. The Labute approximate surface area is 222 Å². The molecule has 0 aliphatic heterocycles. The second-order valence-corrected chi connectivity index (χ2v) is 10.3. The number of halogens is 1. The number of nitrogens with one attached hydrogen (secondary N) is 1. The Morgan fingerprint density at radius 3 is 2.03 bits per heavy atom. The van der Waals surface area contributed by atoms with E-state index in [1.54, 1.807) is 36.4 Å². The highest BCUT2D eigenvalue weighted by molar-refractivity contribution is 5.96. The lowest BCUT2D eigenvalue weighted by Crippen LogP contribution is -2.35. The standard InChI is InChI=1S/C30H36FNO6/c31-23-3-1-4-27(19-23)38-26-14-8-21(9-15-26)29(34)32-18-2-5-28(33)20-6-12-24(13-7-20)37-25-16-10-22(11-17-25)30(35)36/h1,3-4,6-7,12-13,19,21-22,25-26H,2,5,8-11,14-18H2,(H,32,34)(H,35,36). The second-order valence-electron chi connectivity index (χ2n) is 10.3. The molecule has 0 atom stereocenters. The fraction of sp³-hybridized carbons (Fsp3) is 0.500. The van der Waals surface area contributed by atoms with Crippen molar-refractivity contribution in [3.8, 4) is 11.5 Å². The summed E-state index contributed by atoms with van der Waals surface area (Å²) in [5.74, 6) is -0.167. The summed E-state index contributed by atoms with van der Waals surface area (Å²) in [5, 5.41) is 12.1. The van der Waals surface area contributed by atoms with E-state index in [1.807, 2.05) is 0 Å². The van der Waals surface area contributed by atoms with Crippen LogP contribution in [0.25, 0.3) is 0 Å². The van der Waals surface area contributed by atoms with Crippen molar-refractivity contribution < 1.29 is 33.4 Å².